The number of aliphatic carboxylic acids is 1. The second kappa shape index (κ2) is 7.88. The van der Waals surface area contributed by atoms with Crippen molar-refractivity contribution in [3.05, 3.63) is 65.7 Å². The summed E-state index contributed by atoms with van der Waals surface area (Å²) in [6, 6.07) is 16.9. The van der Waals surface area contributed by atoms with Crippen LogP contribution in [0.25, 0.3) is 0 Å². The summed E-state index contributed by atoms with van der Waals surface area (Å²) < 4.78 is 4.74. The van der Waals surface area contributed by atoms with E-state index >= 15 is 0 Å². The van der Waals surface area contributed by atoms with Gasteiger partial charge in [-0.2, -0.15) is 9.28 Å². The molecule has 2 aromatic carbocycles. The van der Waals surface area contributed by atoms with Gasteiger partial charge < -0.3 is 14.9 Å². The number of benzene rings is 2. The van der Waals surface area contributed by atoms with Crippen LogP contribution in [0.2, 0.25) is 0 Å². The van der Waals surface area contributed by atoms with Gasteiger partial charge in [-0.25, -0.2) is 9.59 Å². The molecule has 0 spiro atoms. The van der Waals surface area contributed by atoms with E-state index in [0.717, 1.165) is 30.4 Å². The molecule has 2 fully saturated rings. The summed E-state index contributed by atoms with van der Waals surface area (Å²) in [5.74, 6) is -1.30. The highest BCUT2D eigenvalue weighted by Gasteiger charge is 2.74. The van der Waals surface area contributed by atoms with Gasteiger partial charge in [0.15, 0.2) is 12.3 Å². The lowest BCUT2D eigenvalue weighted by Gasteiger charge is -2.64. The van der Waals surface area contributed by atoms with Gasteiger partial charge >= 0.3 is 18.2 Å². The van der Waals surface area contributed by atoms with Gasteiger partial charge in [-0.15, -0.1) is 0 Å². The normalized spacial score (nSPS) is 27.5. The van der Waals surface area contributed by atoms with Crippen LogP contribution in [-0.2, 0) is 22.5 Å². The van der Waals surface area contributed by atoms with Gasteiger partial charge in [0.25, 0.3) is 0 Å². The van der Waals surface area contributed by atoms with Crippen LogP contribution in [0.3, 0.4) is 0 Å². The molecule has 1 aliphatic heterocycles. The Balaban J connectivity index is 1.70. The van der Waals surface area contributed by atoms with E-state index in [1.807, 2.05) is 54.6 Å². The largest absolute Gasteiger partial charge is 0.521 e. The van der Waals surface area contributed by atoms with Gasteiger partial charge in [-0.3, -0.25) is 4.90 Å². The molecule has 8 heteroatoms. The van der Waals surface area contributed by atoms with Crippen molar-refractivity contribution in [3.8, 4) is 0 Å². The summed E-state index contributed by atoms with van der Waals surface area (Å²) in [6.45, 7) is -0.565. The highest BCUT2D eigenvalue weighted by Crippen LogP contribution is 2.60. The van der Waals surface area contributed by atoms with Crippen LogP contribution < -0.4 is 4.48 Å². The number of ether oxygens (including phenoxy) is 1. The van der Waals surface area contributed by atoms with Crippen LogP contribution in [0.1, 0.15) is 36.8 Å². The molecule has 2 aromatic rings. The second-order valence-electron chi connectivity index (χ2n) is 9.23. The number of quaternary nitrogens is 1. The molecule has 2 aliphatic carbocycles. The van der Waals surface area contributed by atoms with Crippen molar-refractivity contribution in [1.82, 2.24) is 9.38 Å². The number of carboxylic acids is 1. The lowest BCUT2D eigenvalue weighted by Crippen LogP contribution is -2.83. The quantitative estimate of drug-likeness (QED) is 0.638. The van der Waals surface area contributed by atoms with Crippen molar-refractivity contribution in [2.75, 3.05) is 6.61 Å². The number of carboxylic acid groups (broad SMARTS) is 2. The molecule has 0 saturated heterocycles. The molecule has 172 valence electrons. The van der Waals surface area contributed by atoms with E-state index in [9.17, 15) is 19.5 Å². The van der Waals surface area contributed by atoms with Gasteiger partial charge in [0.1, 0.15) is 12.2 Å². The van der Waals surface area contributed by atoms with Gasteiger partial charge in [0, 0.05) is 35.6 Å². The summed E-state index contributed by atoms with van der Waals surface area (Å²) in [4.78, 5) is 39.4. The number of carbonyl (C=O) groups excluding carboxylic acids is 1. The average Bonchev–Trinajstić information content (AvgIpc) is 3.62. The molecule has 1 heterocycles. The topological polar surface area (TPSA) is 104 Å². The van der Waals surface area contributed by atoms with E-state index in [0.29, 0.717) is 18.5 Å². The van der Waals surface area contributed by atoms with Crippen molar-refractivity contribution >= 4 is 23.8 Å². The van der Waals surface area contributed by atoms with Crippen LogP contribution in [0.15, 0.2) is 54.6 Å². The van der Waals surface area contributed by atoms with Gasteiger partial charge in [0.2, 0.25) is 0 Å². The molecule has 2 N–H and O–H groups in total. The first-order valence-electron chi connectivity index (χ1n) is 11.3. The number of fused-ring (bicyclic) bond motifs is 2. The number of para-hydroxylation sites is 1. The zero-order chi connectivity index (χ0) is 23.2. The standard InChI is InChI=1S/C25H26N2O6/c28-22(29)16-33-23(30)26(20-10-11-20)25-13-12-19(25)14-18-8-4-5-9-21(18)27(25,24(31)32)15-17-6-2-1-3-7-17/h1-9,19-20H,10-16H2,(H-,28,29,31,32)/p+1/t19-,25-,27+/m1/s1. The van der Waals surface area contributed by atoms with Crippen LogP contribution in [0.4, 0.5) is 15.3 Å². The molecule has 33 heavy (non-hydrogen) atoms. The summed E-state index contributed by atoms with van der Waals surface area (Å²) in [7, 11) is 0. The summed E-state index contributed by atoms with van der Waals surface area (Å²) in [6.07, 6.45) is 1.74. The average molecular weight is 451 g/mol. The van der Waals surface area contributed by atoms with E-state index in [2.05, 4.69) is 0 Å². The van der Waals surface area contributed by atoms with E-state index in [4.69, 9.17) is 9.84 Å². The van der Waals surface area contributed by atoms with Crippen LogP contribution in [0, 0.1) is 5.92 Å². The van der Waals surface area contributed by atoms with Crippen molar-refractivity contribution in [1.29, 1.82) is 0 Å². The fourth-order valence-corrected chi connectivity index (χ4v) is 5.97. The minimum absolute atomic E-state index is 0.0646. The van der Waals surface area contributed by atoms with E-state index < -0.39 is 34.9 Å². The number of rotatable bonds is 6. The number of hydrogen-bond donors (Lipinski definition) is 2. The minimum atomic E-state index is -1.24. The minimum Gasteiger partial charge on any atom is -0.479 e. The Morgan fingerprint density at radius 1 is 1.00 bits per heavy atom. The van der Waals surface area contributed by atoms with Gasteiger partial charge in [-0.05, 0) is 25.7 Å². The van der Waals surface area contributed by atoms with Crippen molar-refractivity contribution < 1.29 is 29.3 Å². The number of nitrogens with zero attached hydrogens (tertiary/aromatic N) is 2. The molecule has 2 amide bonds. The lowest BCUT2D eigenvalue weighted by molar-refractivity contribution is -0.150. The lowest BCUT2D eigenvalue weighted by atomic mass is 9.63. The third-order valence-electron chi connectivity index (χ3n) is 7.48. The van der Waals surface area contributed by atoms with Crippen molar-refractivity contribution in [2.24, 2.45) is 5.92 Å². The molecule has 0 radical (unpaired) electrons. The molecule has 0 aromatic heterocycles. The van der Waals surface area contributed by atoms with Crippen LogP contribution in [0.5, 0.6) is 0 Å². The van der Waals surface area contributed by atoms with Crippen LogP contribution in [-0.4, -0.2) is 51.6 Å². The molecule has 8 nitrogen and oxygen atoms in total. The predicted molar refractivity (Wildman–Crippen MR) is 119 cm³/mol. The summed E-state index contributed by atoms with van der Waals surface area (Å²) >= 11 is 0. The first-order chi connectivity index (χ1) is 15.9. The zero-order valence-electron chi connectivity index (χ0n) is 18.2. The molecular weight excluding hydrogens is 424 g/mol. The Morgan fingerprint density at radius 3 is 2.30 bits per heavy atom. The molecule has 3 aliphatic rings. The number of hydrogen-bond acceptors (Lipinski definition) is 4. The van der Waals surface area contributed by atoms with Gasteiger partial charge in [-0.1, -0.05) is 48.5 Å². The molecule has 3 atom stereocenters. The third kappa shape index (κ3) is 3.20. The first kappa shape index (κ1) is 21.5. The van der Waals surface area contributed by atoms with Gasteiger partial charge in [0.05, 0.1) is 0 Å². The van der Waals surface area contributed by atoms with Crippen LogP contribution >= 0.6 is 0 Å². The van der Waals surface area contributed by atoms with Crippen molar-refractivity contribution in [3.63, 3.8) is 0 Å². The number of carbonyl (C=O) groups is 3. The fraction of sp³-hybridized carbons (Fsp3) is 0.400. The SMILES string of the molecule is O=C(O)COC(=O)N(C1CC1)[C@@]12CC[C@@H]1Cc1ccccc1[N@@+]2(Cc1ccccc1)C(=O)O. The number of amides is 2. The molecule has 5 rings (SSSR count). The molecule has 2 saturated carbocycles. The Morgan fingerprint density at radius 2 is 1.70 bits per heavy atom. The zero-order valence-corrected chi connectivity index (χ0v) is 18.2. The molecule has 0 bridgehead atoms. The maximum atomic E-state index is 13.4. The third-order valence-corrected chi connectivity index (χ3v) is 7.48. The highest BCUT2D eigenvalue weighted by atomic mass is 16.6. The van der Waals surface area contributed by atoms with E-state index in [1.165, 1.54) is 0 Å². The Kier molecular flexibility index (Phi) is 5.12. The highest BCUT2D eigenvalue weighted by molar-refractivity contribution is 5.87. The second-order valence-corrected chi connectivity index (χ2v) is 9.23. The fourth-order valence-electron chi connectivity index (χ4n) is 5.97. The maximum absolute atomic E-state index is 13.4. The van der Waals surface area contributed by atoms with E-state index in [-0.39, 0.29) is 18.5 Å². The Labute approximate surface area is 191 Å². The summed E-state index contributed by atoms with van der Waals surface area (Å²) in [5.41, 5.74) is 1.48. The van der Waals surface area contributed by atoms with Crippen molar-refractivity contribution in [2.45, 2.75) is 50.4 Å². The first-order valence-corrected chi connectivity index (χ1v) is 11.3. The van der Waals surface area contributed by atoms with E-state index in [1.54, 1.807) is 4.90 Å². The summed E-state index contributed by atoms with van der Waals surface area (Å²) in [5, 5.41) is 20.0. The monoisotopic (exact) mass is 451 g/mol. The Hall–Kier alpha value is -3.39. The predicted octanol–water partition coefficient (Wildman–Crippen LogP) is 4.22. The Bertz CT molecular complexity index is 1100. The maximum Gasteiger partial charge on any atom is 0.521 e. The smallest absolute Gasteiger partial charge is 0.479 e. The molecule has 0 unspecified atom stereocenters. The molecular formula is C25H27N2O6+.